The van der Waals surface area contributed by atoms with Gasteiger partial charge in [0, 0.05) is 18.6 Å². The summed E-state index contributed by atoms with van der Waals surface area (Å²) >= 11 is 0. The van der Waals surface area contributed by atoms with Gasteiger partial charge >= 0.3 is 0 Å². The van der Waals surface area contributed by atoms with E-state index < -0.39 is 0 Å². The van der Waals surface area contributed by atoms with Gasteiger partial charge in [0.15, 0.2) is 0 Å². The van der Waals surface area contributed by atoms with Gasteiger partial charge in [0.25, 0.3) is 0 Å². The third kappa shape index (κ3) is 2.46. The molecule has 104 valence electrons. The zero-order valence-corrected chi connectivity index (χ0v) is 12.2. The van der Waals surface area contributed by atoms with Crippen LogP contribution in [0.2, 0.25) is 0 Å². The SMILES string of the molecule is CC(C)C1CCCC(N2CCCC3CNCC32)C1. The molecule has 3 fully saturated rings. The largest absolute Gasteiger partial charge is 0.315 e. The number of nitrogens with one attached hydrogen (secondary N) is 1. The summed E-state index contributed by atoms with van der Waals surface area (Å²) in [6, 6.07) is 1.77. The Hall–Kier alpha value is -0.0800. The minimum absolute atomic E-state index is 0.870. The van der Waals surface area contributed by atoms with E-state index in [1.54, 1.807) is 0 Å². The zero-order valence-electron chi connectivity index (χ0n) is 12.2. The Morgan fingerprint density at radius 1 is 1.06 bits per heavy atom. The van der Waals surface area contributed by atoms with Crippen LogP contribution in [0.1, 0.15) is 52.4 Å². The van der Waals surface area contributed by atoms with E-state index >= 15 is 0 Å². The first kappa shape index (κ1) is 12.9. The summed E-state index contributed by atoms with van der Waals surface area (Å²) in [7, 11) is 0. The van der Waals surface area contributed by atoms with Crippen molar-refractivity contribution in [2.45, 2.75) is 64.5 Å². The Morgan fingerprint density at radius 3 is 2.78 bits per heavy atom. The molecule has 2 heterocycles. The average molecular weight is 250 g/mol. The molecule has 1 aliphatic carbocycles. The van der Waals surface area contributed by atoms with Crippen molar-refractivity contribution in [3.8, 4) is 0 Å². The van der Waals surface area contributed by atoms with Crippen molar-refractivity contribution in [3.63, 3.8) is 0 Å². The number of rotatable bonds is 2. The predicted octanol–water partition coefficient (Wildman–Crippen LogP) is 2.89. The van der Waals surface area contributed by atoms with Crippen molar-refractivity contribution in [2.75, 3.05) is 19.6 Å². The van der Waals surface area contributed by atoms with Crippen LogP contribution >= 0.6 is 0 Å². The molecule has 1 saturated carbocycles. The summed E-state index contributed by atoms with van der Waals surface area (Å²) in [5.74, 6) is 2.83. The summed E-state index contributed by atoms with van der Waals surface area (Å²) in [4.78, 5) is 2.91. The molecule has 2 nitrogen and oxygen atoms in total. The zero-order chi connectivity index (χ0) is 12.5. The van der Waals surface area contributed by atoms with Crippen LogP contribution in [0, 0.1) is 17.8 Å². The monoisotopic (exact) mass is 250 g/mol. The molecule has 3 rings (SSSR count). The summed E-state index contributed by atoms with van der Waals surface area (Å²) < 4.78 is 0. The van der Waals surface area contributed by atoms with Crippen LogP contribution in [0.4, 0.5) is 0 Å². The second kappa shape index (κ2) is 5.50. The first-order valence-corrected chi connectivity index (χ1v) is 8.22. The molecule has 0 radical (unpaired) electrons. The number of nitrogens with zero attached hydrogens (tertiary/aromatic N) is 1. The standard InChI is InChI=1S/C16H30N2/c1-12(2)13-5-3-7-15(9-13)18-8-4-6-14-10-17-11-16(14)18/h12-17H,3-11H2,1-2H3. The Labute approximate surface area is 113 Å². The van der Waals surface area contributed by atoms with Crippen LogP contribution in [-0.2, 0) is 0 Å². The molecular formula is C16H30N2. The maximum atomic E-state index is 3.63. The average Bonchev–Trinajstić information content (AvgIpc) is 2.87. The number of hydrogen-bond donors (Lipinski definition) is 1. The lowest BCUT2D eigenvalue weighted by molar-refractivity contribution is 0.0391. The fraction of sp³-hybridized carbons (Fsp3) is 1.00. The van der Waals surface area contributed by atoms with E-state index in [1.165, 1.54) is 58.2 Å². The number of piperidine rings is 1. The van der Waals surface area contributed by atoms with Crippen LogP contribution in [0.3, 0.4) is 0 Å². The molecule has 4 atom stereocenters. The van der Waals surface area contributed by atoms with E-state index in [2.05, 4.69) is 24.1 Å². The minimum atomic E-state index is 0.870. The van der Waals surface area contributed by atoms with Crippen LogP contribution in [0.5, 0.6) is 0 Å². The van der Waals surface area contributed by atoms with Gasteiger partial charge in [-0.2, -0.15) is 0 Å². The number of hydrogen-bond acceptors (Lipinski definition) is 2. The van der Waals surface area contributed by atoms with Gasteiger partial charge in [-0.15, -0.1) is 0 Å². The van der Waals surface area contributed by atoms with Crippen molar-refractivity contribution in [1.29, 1.82) is 0 Å². The van der Waals surface area contributed by atoms with E-state index in [4.69, 9.17) is 0 Å². The number of fused-ring (bicyclic) bond motifs is 1. The smallest absolute Gasteiger partial charge is 0.0263 e. The number of likely N-dealkylation sites (tertiary alicyclic amines) is 1. The van der Waals surface area contributed by atoms with Crippen LogP contribution in [0.25, 0.3) is 0 Å². The van der Waals surface area contributed by atoms with Gasteiger partial charge in [0.05, 0.1) is 0 Å². The van der Waals surface area contributed by atoms with E-state index in [-0.39, 0.29) is 0 Å². The van der Waals surface area contributed by atoms with Crippen molar-refractivity contribution in [1.82, 2.24) is 10.2 Å². The molecule has 2 aliphatic heterocycles. The first-order valence-electron chi connectivity index (χ1n) is 8.22. The molecule has 1 N–H and O–H groups in total. The van der Waals surface area contributed by atoms with E-state index in [0.29, 0.717) is 0 Å². The van der Waals surface area contributed by atoms with E-state index in [9.17, 15) is 0 Å². The van der Waals surface area contributed by atoms with E-state index in [1.807, 2.05) is 0 Å². The molecule has 0 aromatic carbocycles. The summed E-state index contributed by atoms with van der Waals surface area (Å²) in [5, 5.41) is 3.63. The minimum Gasteiger partial charge on any atom is -0.315 e. The van der Waals surface area contributed by atoms with Crippen molar-refractivity contribution >= 4 is 0 Å². The second-order valence-electron chi connectivity index (χ2n) is 7.19. The third-order valence-corrected chi connectivity index (χ3v) is 5.82. The third-order valence-electron chi connectivity index (χ3n) is 5.82. The Bertz CT molecular complexity index is 276. The molecule has 0 bridgehead atoms. The van der Waals surface area contributed by atoms with Gasteiger partial charge in [-0.1, -0.05) is 26.7 Å². The molecule has 2 heteroatoms. The predicted molar refractivity (Wildman–Crippen MR) is 76.7 cm³/mol. The fourth-order valence-electron chi connectivity index (χ4n) is 4.66. The van der Waals surface area contributed by atoms with E-state index in [0.717, 1.165) is 29.8 Å². The summed E-state index contributed by atoms with van der Waals surface area (Å²) in [6.45, 7) is 8.75. The molecule has 3 aliphatic rings. The van der Waals surface area contributed by atoms with Crippen molar-refractivity contribution < 1.29 is 0 Å². The lowest BCUT2D eigenvalue weighted by Crippen LogP contribution is -2.52. The first-order chi connectivity index (χ1) is 8.75. The van der Waals surface area contributed by atoms with Gasteiger partial charge in [0.2, 0.25) is 0 Å². The Kier molecular flexibility index (Phi) is 3.95. The summed E-state index contributed by atoms with van der Waals surface area (Å²) in [6.07, 6.45) is 8.79. The lowest BCUT2D eigenvalue weighted by Gasteiger charge is -2.45. The highest BCUT2D eigenvalue weighted by molar-refractivity contribution is 4.96. The fourth-order valence-corrected chi connectivity index (χ4v) is 4.66. The lowest BCUT2D eigenvalue weighted by atomic mass is 9.77. The van der Waals surface area contributed by atoms with Gasteiger partial charge in [-0.3, -0.25) is 4.90 Å². The Morgan fingerprint density at radius 2 is 1.94 bits per heavy atom. The maximum Gasteiger partial charge on any atom is 0.0263 e. The molecule has 2 saturated heterocycles. The van der Waals surface area contributed by atoms with Crippen molar-refractivity contribution in [2.24, 2.45) is 17.8 Å². The highest BCUT2D eigenvalue weighted by Gasteiger charge is 2.39. The quantitative estimate of drug-likeness (QED) is 0.811. The van der Waals surface area contributed by atoms with Gasteiger partial charge in [-0.05, 0) is 56.5 Å². The highest BCUT2D eigenvalue weighted by atomic mass is 15.2. The summed E-state index contributed by atoms with van der Waals surface area (Å²) in [5.41, 5.74) is 0. The van der Waals surface area contributed by atoms with Crippen LogP contribution in [0.15, 0.2) is 0 Å². The maximum absolute atomic E-state index is 3.63. The molecular weight excluding hydrogens is 220 g/mol. The highest BCUT2D eigenvalue weighted by Crippen LogP contribution is 2.37. The van der Waals surface area contributed by atoms with Gasteiger partial charge < -0.3 is 5.32 Å². The van der Waals surface area contributed by atoms with Gasteiger partial charge in [0.1, 0.15) is 0 Å². The molecule has 18 heavy (non-hydrogen) atoms. The molecule has 4 unspecified atom stereocenters. The molecule has 0 aromatic heterocycles. The molecule has 0 spiro atoms. The molecule has 0 amide bonds. The van der Waals surface area contributed by atoms with Crippen LogP contribution < -0.4 is 5.32 Å². The van der Waals surface area contributed by atoms with Gasteiger partial charge in [-0.25, -0.2) is 0 Å². The van der Waals surface area contributed by atoms with Crippen LogP contribution in [-0.4, -0.2) is 36.6 Å². The molecule has 0 aromatic rings. The second-order valence-corrected chi connectivity index (χ2v) is 7.19. The van der Waals surface area contributed by atoms with Crippen molar-refractivity contribution in [3.05, 3.63) is 0 Å². The Balaban J connectivity index is 1.65. The normalized spacial score (nSPS) is 42.2. The topological polar surface area (TPSA) is 15.3 Å².